The molecular formula is C12H14BrN3O4. The second-order valence-electron chi connectivity index (χ2n) is 4.10. The number of benzene rings is 1. The lowest BCUT2D eigenvalue weighted by atomic mass is 10.1. The molecule has 1 aromatic rings. The summed E-state index contributed by atoms with van der Waals surface area (Å²) in [7, 11) is 0. The van der Waals surface area contributed by atoms with Crippen molar-refractivity contribution in [3.05, 3.63) is 28.2 Å². The Balaban J connectivity index is 2.82. The number of carboxylic acids is 1. The van der Waals surface area contributed by atoms with Crippen LogP contribution in [0.15, 0.2) is 22.7 Å². The van der Waals surface area contributed by atoms with Gasteiger partial charge in [-0.05, 0) is 24.6 Å². The Morgan fingerprint density at radius 3 is 2.55 bits per heavy atom. The van der Waals surface area contributed by atoms with Crippen molar-refractivity contribution in [2.75, 3.05) is 5.73 Å². The van der Waals surface area contributed by atoms with E-state index in [0.717, 1.165) is 0 Å². The number of nitrogens with two attached hydrogens (primary N) is 2. The van der Waals surface area contributed by atoms with Crippen molar-refractivity contribution in [1.29, 1.82) is 0 Å². The largest absolute Gasteiger partial charge is 0.480 e. The first kappa shape index (κ1) is 16.0. The van der Waals surface area contributed by atoms with E-state index in [0.29, 0.717) is 4.47 Å². The highest BCUT2D eigenvalue weighted by Gasteiger charge is 2.22. The van der Waals surface area contributed by atoms with Crippen LogP contribution in [0, 0.1) is 0 Å². The molecule has 6 N–H and O–H groups in total. The van der Waals surface area contributed by atoms with Crippen molar-refractivity contribution in [2.24, 2.45) is 5.73 Å². The number of primary amides is 1. The molecule has 0 aliphatic carbocycles. The van der Waals surface area contributed by atoms with Crippen molar-refractivity contribution >= 4 is 39.4 Å². The Morgan fingerprint density at radius 1 is 1.35 bits per heavy atom. The predicted octanol–water partition coefficient (Wildman–Crippen LogP) is 0.480. The fourth-order valence-electron chi connectivity index (χ4n) is 1.51. The highest BCUT2D eigenvalue weighted by molar-refractivity contribution is 9.10. The number of carbonyl (C=O) groups is 3. The van der Waals surface area contributed by atoms with Crippen molar-refractivity contribution in [3.63, 3.8) is 0 Å². The molecule has 1 unspecified atom stereocenters. The van der Waals surface area contributed by atoms with Gasteiger partial charge in [-0.1, -0.05) is 15.9 Å². The van der Waals surface area contributed by atoms with Gasteiger partial charge < -0.3 is 21.9 Å². The minimum absolute atomic E-state index is 0.0791. The van der Waals surface area contributed by atoms with Crippen LogP contribution in [0.5, 0.6) is 0 Å². The predicted molar refractivity (Wildman–Crippen MR) is 75.9 cm³/mol. The summed E-state index contributed by atoms with van der Waals surface area (Å²) in [4.78, 5) is 33.7. The average molecular weight is 344 g/mol. The molecule has 0 fully saturated rings. The van der Waals surface area contributed by atoms with Crippen molar-refractivity contribution in [1.82, 2.24) is 5.32 Å². The molecule has 8 heteroatoms. The summed E-state index contributed by atoms with van der Waals surface area (Å²) in [5.74, 6) is -2.50. The second-order valence-corrected chi connectivity index (χ2v) is 5.02. The smallest absolute Gasteiger partial charge is 0.326 e. The zero-order valence-electron chi connectivity index (χ0n) is 10.4. The third-order valence-electron chi connectivity index (χ3n) is 2.54. The number of carboxylic acid groups (broad SMARTS) is 1. The van der Waals surface area contributed by atoms with Gasteiger partial charge in [0.25, 0.3) is 5.91 Å². The summed E-state index contributed by atoms with van der Waals surface area (Å²) in [5.41, 5.74) is 11.0. The van der Waals surface area contributed by atoms with E-state index in [4.69, 9.17) is 16.6 Å². The number of halogens is 1. The monoisotopic (exact) mass is 343 g/mol. The van der Waals surface area contributed by atoms with Crippen LogP contribution in [0.1, 0.15) is 23.2 Å². The summed E-state index contributed by atoms with van der Waals surface area (Å²) >= 11 is 3.20. The molecular weight excluding hydrogens is 330 g/mol. The maximum Gasteiger partial charge on any atom is 0.326 e. The van der Waals surface area contributed by atoms with E-state index in [2.05, 4.69) is 21.2 Å². The van der Waals surface area contributed by atoms with E-state index in [1.165, 1.54) is 12.1 Å². The van der Waals surface area contributed by atoms with Crippen LogP contribution in [-0.4, -0.2) is 28.9 Å². The Labute approximate surface area is 123 Å². The molecule has 108 valence electrons. The first-order chi connectivity index (χ1) is 9.31. The fraction of sp³-hybridized carbons (Fsp3) is 0.250. The average Bonchev–Trinajstić information content (AvgIpc) is 2.36. The van der Waals surface area contributed by atoms with Crippen molar-refractivity contribution in [2.45, 2.75) is 18.9 Å². The molecule has 0 spiro atoms. The molecule has 0 heterocycles. The van der Waals surface area contributed by atoms with E-state index in [1.54, 1.807) is 6.07 Å². The van der Waals surface area contributed by atoms with Gasteiger partial charge in [0.05, 0.1) is 5.56 Å². The highest BCUT2D eigenvalue weighted by Crippen LogP contribution is 2.18. The molecule has 0 saturated heterocycles. The quantitative estimate of drug-likeness (QED) is 0.557. The minimum atomic E-state index is -1.24. The molecule has 2 amide bonds. The number of hydrogen-bond acceptors (Lipinski definition) is 4. The Bertz CT molecular complexity index is 548. The van der Waals surface area contributed by atoms with Crippen LogP contribution in [0.3, 0.4) is 0 Å². The summed E-state index contributed by atoms with van der Waals surface area (Å²) in [5, 5.41) is 11.3. The zero-order chi connectivity index (χ0) is 15.3. The Kier molecular flexibility index (Phi) is 5.51. The van der Waals surface area contributed by atoms with Crippen LogP contribution in [-0.2, 0) is 9.59 Å². The molecule has 0 bridgehead atoms. The normalized spacial score (nSPS) is 11.7. The third-order valence-corrected chi connectivity index (χ3v) is 3.04. The van der Waals surface area contributed by atoms with Gasteiger partial charge >= 0.3 is 5.97 Å². The van der Waals surface area contributed by atoms with Crippen LogP contribution < -0.4 is 16.8 Å². The zero-order valence-corrected chi connectivity index (χ0v) is 12.0. The van der Waals surface area contributed by atoms with E-state index < -0.39 is 23.8 Å². The molecule has 0 aliphatic rings. The molecule has 0 aliphatic heterocycles. The van der Waals surface area contributed by atoms with Gasteiger partial charge in [-0.15, -0.1) is 0 Å². The lowest BCUT2D eigenvalue weighted by Crippen LogP contribution is -2.41. The standard InChI is InChI=1S/C12H14BrN3O4/c13-6-1-2-8(14)7(5-6)11(18)16-9(12(19)20)3-4-10(15)17/h1-2,5,9H,3-4,14H2,(H2,15,17)(H,16,18)(H,19,20). The van der Waals surface area contributed by atoms with Gasteiger partial charge in [0.2, 0.25) is 5.91 Å². The number of amides is 2. The van der Waals surface area contributed by atoms with Crippen LogP contribution >= 0.6 is 15.9 Å². The van der Waals surface area contributed by atoms with Gasteiger partial charge in [0.1, 0.15) is 6.04 Å². The number of rotatable bonds is 6. The van der Waals surface area contributed by atoms with E-state index >= 15 is 0 Å². The summed E-state index contributed by atoms with van der Waals surface area (Å²) in [6.07, 6.45) is -0.213. The van der Waals surface area contributed by atoms with Gasteiger partial charge in [-0.25, -0.2) is 4.79 Å². The highest BCUT2D eigenvalue weighted by atomic mass is 79.9. The third kappa shape index (κ3) is 4.54. The molecule has 0 saturated carbocycles. The first-order valence-electron chi connectivity index (χ1n) is 5.68. The van der Waals surface area contributed by atoms with E-state index in [9.17, 15) is 14.4 Å². The molecule has 0 radical (unpaired) electrons. The van der Waals surface area contributed by atoms with Crippen LogP contribution in [0.4, 0.5) is 5.69 Å². The van der Waals surface area contributed by atoms with Crippen LogP contribution in [0.2, 0.25) is 0 Å². The molecule has 7 nitrogen and oxygen atoms in total. The molecule has 1 aromatic carbocycles. The summed E-state index contributed by atoms with van der Waals surface area (Å²) in [6.45, 7) is 0. The first-order valence-corrected chi connectivity index (χ1v) is 6.47. The lowest BCUT2D eigenvalue weighted by molar-refractivity contribution is -0.139. The maximum absolute atomic E-state index is 12.0. The van der Waals surface area contributed by atoms with Gasteiger partial charge in [0.15, 0.2) is 0 Å². The number of anilines is 1. The number of hydrogen-bond donors (Lipinski definition) is 4. The molecule has 1 rings (SSSR count). The van der Waals surface area contributed by atoms with Gasteiger partial charge in [-0.2, -0.15) is 0 Å². The number of nitrogen functional groups attached to an aromatic ring is 1. The summed E-state index contributed by atoms with van der Waals surface area (Å²) in [6, 6.07) is 3.47. The maximum atomic E-state index is 12.0. The topological polar surface area (TPSA) is 136 Å². The van der Waals surface area contributed by atoms with E-state index in [-0.39, 0.29) is 24.1 Å². The summed E-state index contributed by atoms with van der Waals surface area (Å²) < 4.78 is 0.640. The van der Waals surface area contributed by atoms with Crippen molar-refractivity contribution in [3.8, 4) is 0 Å². The van der Waals surface area contributed by atoms with Gasteiger partial charge in [-0.3, -0.25) is 9.59 Å². The van der Waals surface area contributed by atoms with Crippen LogP contribution in [0.25, 0.3) is 0 Å². The van der Waals surface area contributed by atoms with Crippen molar-refractivity contribution < 1.29 is 19.5 Å². The second kappa shape index (κ2) is 6.90. The van der Waals surface area contributed by atoms with Gasteiger partial charge in [0, 0.05) is 16.6 Å². The Morgan fingerprint density at radius 2 is 2.00 bits per heavy atom. The number of carbonyl (C=O) groups excluding carboxylic acids is 2. The molecule has 20 heavy (non-hydrogen) atoms. The Hall–Kier alpha value is -2.09. The minimum Gasteiger partial charge on any atom is -0.480 e. The molecule has 0 aromatic heterocycles. The SMILES string of the molecule is NC(=O)CCC(NC(=O)c1cc(Br)ccc1N)C(=O)O. The number of aliphatic carboxylic acids is 1. The van der Waals surface area contributed by atoms with E-state index in [1.807, 2.05) is 0 Å². The molecule has 1 atom stereocenters. The number of nitrogens with one attached hydrogen (secondary N) is 1. The lowest BCUT2D eigenvalue weighted by Gasteiger charge is -2.14. The fourth-order valence-corrected chi connectivity index (χ4v) is 1.87.